The lowest BCUT2D eigenvalue weighted by molar-refractivity contribution is -0.626. The number of unbranched alkanes of at least 4 members (excludes halogenated alkanes) is 2. The molecule has 0 rings (SSSR count). The van der Waals surface area contributed by atoms with Crippen molar-refractivity contribution in [3.05, 3.63) is 0 Å². The standard InChI is InChI=1S/C10H22O8/c1-3-5-7-9(11,16-12)15-10(17-13,18-14)8-6-4-2/h11-14H,3-8H2,1-2H3. The van der Waals surface area contributed by atoms with E-state index in [1.807, 2.05) is 13.8 Å². The normalized spacial score (nSPS) is 15.7. The van der Waals surface area contributed by atoms with E-state index in [1.165, 1.54) is 0 Å². The topological polar surface area (TPSA) is 118 Å². The second kappa shape index (κ2) is 8.73. The summed E-state index contributed by atoms with van der Waals surface area (Å²) < 4.78 is 4.82. The highest BCUT2D eigenvalue weighted by Gasteiger charge is 2.45. The van der Waals surface area contributed by atoms with Gasteiger partial charge in [0.1, 0.15) is 0 Å². The molecule has 0 aromatic carbocycles. The van der Waals surface area contributed by atoms with Crippen LogP contribution in [0, 0.1) is 0 Å². The zero-order valence-electron chi connectivity index (χ0n) is 10.7. The Morgan fingerprint density at radius 2 is 1.33 bits per heavy atom. The van der Waals surface area contributed by atoms with Crippen LogP contribution < -0.4 is 0 Å². The molecule has 0 aliphatic rings. The van der Waals surface area contributed by atoms with E-state index >= 15 is 0 Å². The van der Waals surface area contributed by atoms with E-state index in [2.05, 4.69) is 14.7 Å². The lowest BCUT2D eigenvalue weighted by Gasteiger charge is -2.33. The SMILES string of the molecule is CCCCC(O)(OO)OC(CCCC)(OO)OO. The average molecular weight is 270 g/mol. The quantitative estimate of drug-likeness (QED) is 0.256. The van der Waals surface area contributed by atoms with Crippen molar-refractivity contribution in [1.29, 1.82) is 0 Å². The molecule has 0 saturated heterocycles. The number of rotatable bonds is 11. The Morgan fingerprint density at radius 1 is 0.833 bits per heavy atom. The Kier molecular flexibility index (Phi) is 8.57. The molecule has 0 spiro atoms. The van der Waals surface area contributed by atoms with E-state index in [4.69, 9.17) is 20.5 Å². The molecule has 8 heteroatoms. The summed E-state index contributed by atoms with van der Waals surface area (Å²) in [6.07, 6.45) is 2.17. The van der Waals surface area contributed by atoms with Crippen molar-refractivity contribution >= 4 is 0 Å². The summed E-state index contributed by atoms with van der Waals surface area (Å²) in [5.74, 6) is -4.74. The van der Waals surface area contributed by atoms with E-state index < -0.39 is 11.9 Å². The highest BCUT2D eigenvalue weighted by molar-refractivity contribution is 4.61. The van der Waals surface area contributed by atoms with Gasteiger partial charge in [0.25, 0.3) is 0 Å². The highest BCUT2D eigenvalue weighted by atomic mass is 17.3. The van der Waals surface area contributed by atoms with Crippen molar-refractivity contribution in [2.45, 2.75) is 64.3 Å². The van der Waals surface area contributed by atoms with Crippen LogP contribution in [0.5, 0.6) is 0 Å². The Hall–Kier alpha value is -0.320. The van der Waals surface area contributed by atoms with Crippen molar-refractivity contribution in [2.24, 2.45) is 0 Å². The molecule has 110 valence electrons. The van der Waals surface area contributed by atoms with Crippen LogP contribution >= 0.6 is 0 Å². The van der Waals surface area contributed by atoms with Gasteiger partial charge in [0.05, 0.1) is 0 Å². The minimum absolute atomic E-state index is 0.0751. The van der Waals surface area contributed by atoms with Crippen LogP contribution in [-0.4, -0.2) is 32.8 Å². The summed E-state index contributed by atoms with van der Waals surface area (Å²) in [6.45, 7) is 3.71. The van der Waals surface area contributed by atoms with Crippen molar-refractivity contribution in [2.75, 3.05) is 0 Å². The van der Waals surface area contributed by atoms with E-state index in [0.29, 0.717) is 25.7 Å². The van der Waals surface area contributed by atoms with Gasteiger partial charge in [0, 0.05) is 12.8 Å². The second-order valence-corrected chi connectivity index (χ2v) is 3.98. The van der Waals surface area contributed by atoms with Gasteiger partial charge in [-0.05, 0) is 12.8 Å². The molecule has 1 atom stereocenters. The van der Waals surface area contributed by atoms with Crippen molar-refractivity contribution in [1.82, 2.24) is 0 Å². The summed E-state index contributed by atoms with van der Waals surface area (Å²) in [4.78, 5) is 11.7. The first-order chi connectivity index (χ1) is 8.51. The summed E-state index contributed by atoms with van der Waals surface area (Å²) >= 11 is 0. The fourth-order valence-corrected chi connectivity index (χ4v) is 1.35. The average Bonchev–Trinajstić information content (AvgIpc) is 2.41. The van der Waals surface area contributed by atoms with Crippen LogP contribution in [0.25, 0.3) is 0 Å². The number of hydrogen-bond donors (Lipinski definition) is 4. The largest absolute Gasteiger partial charge is 0.343 e. The molecular weight excluding hydrogens is 248 g/mol. The maximum atomic E-state index is 9.77. The van der Waals surface area contributed by atoms with Gasteiger partial charge in [-0.15, -0.1) is 0 Å². The Morgan fingerprint density at radius 3 is 1.72 bits per heavy atom. The van der Waals surface area contributed by atoms with Gasteiger partial charge in [-0.25, -0.2) is 15.8 Å². The van der Waals surface area contributed by atoms with E-state index in [0.717, 1.165) is 0 Å². The zero-order chi connectivity index (χ0) is 14.1. The minimum atomic E-state index is -2.44. The first-order valence-corrected chi connectivity index (χ1v) is 5.91. The summed E-state index contributed by atoms with van der Waals surface area (Å²) in [7, 11) is 0. The summed E-state index contributed by atoms with van der Waals surface area (Å²) in [5, 5.41) is 35.9. The van der Waals surface area contributed by atoms with Crippen molar-refractivity contribution < 1.29 is 40.3 Å². The van der Waals surface area contributed by atoms with Crippen LogP contribution in [0.2, 0.25) is 0 Å². The van der Waals surface area contributed by atoms with Crippen LogP contribution in [0.3, 0.4) is 0 Å². The molecule has 0 bridgehead atoms. The zero-order valence-corrected chi connectivity index (χ0v) is 10.7. The van der Waals surface area contributed by atoms with E-state index in [-0.39, 0.29) is 12.8 Å². The molecule has 0 fully saturated rings. The van der Waals surface area contributed by atoms with E-state index in [1.54, 1.807) is 0 Å². The molecule has 0 aromatic heterocycles. The molecular formula is C10H22O8. The Balaban J connectivity index is 4.69. The second-order valence-electron chi connectivity index (χ2n) is 3.98. The monoisotopic (exact) mass is 270 g/mol. The number of aliphatic hydroxyl groups is 1. The third-order valence-corrected chi connectivity index (χ3v) is 2.42. The van der Waals surface area contributed by atoms with Crippen molar-refractivity contribution in [3.63, 3.8) is 0 Å². The van der Waals surface area contributed by atoms with Gasteiger partial charge in [-0.2, -0.15) is 14.7 Å². The molecule has 1 unspecified atom stereocenters. The fourth-order valence-electron chi connectivity index (χ4n) is 1.35. The molecule has 0 saturated carbocycles. The first kappa shape index (κ1) is 17.7. The smallest absolute Gasteiger partial charge is 0.341 e. The third kappa shape index (κ3) is 5.55. The molecule has 18 heavy (non-hydrogen) atoms. The highest BCUT2D eigenvalue weighted by Crippen LogP contribution is 2.29. The van der Waals surface area contributed by atoms with Gasteiger partial charge in [-0.1, -0.05) is 26.7 Å². The predicted octanol–water partition coefficient (Wildman–Crippen LogP) is 2.15. The molecule has 0 radical (unpaired) electrons. The third-order valence-electron chi connectivity index (χ3n) is 2.42. The maximum absolute atomic E-state index is 9.77. The van der Waals surface area contributed by atoms with Gasteiger partial charge in [0.2, 0.25) is 0 Å². The minimum Gasteiger partial charge on any atom is -0.341 e. The lowest BCUT2D eigenvalue weighted by Crippen LogP contribution is -2.48. The van der Waals surface area contributed by atoms with Crippen molar-refractivity contribution in [3.8, 4) is 0 Å². The Labute approximate surface area is 105 Å². The van der Waals surface area contributed by atoms with Gasteiger partial charge < -0.3 is 5.11 Å². The van der Waals surface area contributed by atoms with Crippen LogP contribution in [0.1, 0.15) is 52.4 Å². The molecule has 8 nitrogen and oxygen atoms in total. The number of hydrogen-bond acceptors (Lipinski definition) is 8. The molecule has 0 amide bonds. The molecule has 0 aliphatic carbocycles. The van der Waals surface area contributed by atoms with E-state index in [9.17, 15) is 5.11 Å². The van der Waals surface area contributed by atoms with Crippen LogP contribution in [-0.2, 0) is 19.4 Å². The fraction of sp³-hybridized carbons (Fsp3) is 1.00. The van der Waals surface area contributed by atoms with Gasteiger partial charge >= 0.3 is 11.9 Å². The predicted molar refractivity (Wildman–Crippen MR) is 59.0 cm³/mol. The molecule has 0 aromatic rings. The van der Waals surface area contributed by atoms with Gasteiger partial charge in [0.15, 0.2) is 0 Å². The summed E-state index contributed by atoms with van der Waals surface area (Å²) in [5.41, 5.74) is 0. The first-order valence-electron chi connectivity index (χ1n) is 5.91. The van der Waals surface area contributed by atoms with Crippen LogP contribution in [0.15, 0.2) is 0 Å². The Bertz CT molecular complexity index is 208. The molecule has 0 aliphatic heterocycles. The van der Waals surface area contributed by atoms with Gasteiger partial charge in [-0.3, -0.25) is 4.74 Å². The molecule has 4 N–H and O–H groups in total. The molecule has 0 heterocycles. The lowest BCUT2D eigenvalue weighted by atomic mass is 10.2. The van der Waals surface area contributed by atoms with Crippen LogP contribution in [0.4, 0.5) is 0 Å². The number of ether oxygens (including phenoxy) is 1. The summed E-state index contributed by atoms with van der Waals surface area (Å²) in [6, 6.07) is 0. The maximum Gasteiger partial charge on any atom is 0.343 e.